The van der Waals surface area contributed by atoms with Crippen molar-refractivity contribution in [3.8, 4) is 17.3 Å². The van der Waals surface area contributed by atoms with Gasteiger partial charge in [0.05, 0.1) is 11.9 Å². The number of fused-ring (bicyclic) bond motifs is 2. The number of aryl methyl sites for hydroxylation is 3. The third-order valence-corrected chi connectivity index (χ3v) is 5.20. The van der Waals surface area contributed by atoms with Crippen molar-refractivity contribution < 1.29 is 9.15 Å². The zero-order chi connectivity index (χ0) is 20.8. The van der Waals surface area contributed by atoms with Crippen molar-refractivity contribution in [1.29, 1.82) is 0 Å². The van der Waals surface area contributed by atoms with Gasteiger partial charge in [-0.15, -0.1) is 0 Å². The van der Waals surface area contributed by atoms with Crippen molar-refractivity contribution in [2.24, 2.45) is 0 Å². The van der Waals surface area contributed by atoms with E-state index in [4.69, 9.17) is 9.15 Å². The highest BCUT2D eigenvalue weighted by Crippen LogP contribution is 2.30. The Balaban J connectivity index is 1.57. The quantitative estimate of drug-likeness (QED) is 0.412. The maximum absolute atomic E-state index is 11.7. The van der Waals surface area contributed by atoms with E-state index < -0.39 is 5.63 Å². The highest BCUT2D eigenvalue weighted by atomic mass is 16.5. The number of nitrogens with zero attached hydrogens (tertiary/aromatic N) is 4. The van der Waals surface area contributed by atoms with Gasteiger partial charge in [0.2, 0.25) is 5.88 Å². The highest BCUT2D eigenvalue weighted by molar-refractivity contribution is 5.83. The molecule has 30 heavy (non-hydrogen) atoms. The van der Waals surface area contributed by atoms with Gasteiger partial charge in [-0.3, -0.25) is 0 Å². The summed E-state index contributed by atoms with van der Waals surface area (Å²) < 4.78 is 13.1. The molecule has 0 saturated carbocycles. The molecule has 0 aliphatic rings. The summed E-state index contributed by atoms with van der Waals surface area (Å²) in [4.78, 5) is 20.4. The Hall–Kier alpha value is -4.00. The van der Waals surface area contributed by atoms with Gasteiger partial charge in [0.25, 0.3) is 0 Å². The molecular weight excluding hydrogens is 380 g/mol. The maximum Gasteiger partial charge on any atom is 0.336 e. The molecule has 0 N–H and O–H groups in total. The van der Waals surface area contributed by atoms with Crippen LogP contribution in [-0.4, -0.2) is 19.7 Å². The lowest BCUT2D eigenvalue weighted by Gasteiger charge is -2.08. The Morgan fingerprint density at radius 1 is 0.900 bits per heavy atom. The van der Waals surface area contributed by atoms with E-state index in [1.807, 2.05) is 25.1 Å². The van der Waals surface area contributed by atoms with Crippen LogP contribution in [0.2, 0.25) is 0 Å². The number of hydrogen-bond acceptors (Lipinski definition) is 6. The third kappa shape index (κ3) is 3.00. The van der Waals surface area contributed by atoms with Crippen molar-refractivity contribution >= 4 is 22.0 Å². The second-order valence-corrected chi connectivity index (χ2v) is 7.25. The van der Waals surface area contributed by atoms with Gasteiger partial charge in [0.15, 0.2) is 5.65 Å². The molecule has 2 aromatic carbocycles. The summed E-state index contributed by atoms with van der Waals surface area (Å²) in [6, 6.07) is 13.0. The van der Waals surface area contributed by atoms with E-state index in [0.717, 1.165) is 16.6 Å². The summed E-state index contributed by atoms with van der Waals surface area (Å²) >= 11 is 0. The van der Waals surface area contributed by atoms with E-state index in [-0.39, 0.29) is 0 Å². The average molecular weight is 398 g/mol. The summed E-state index contributed by atoms with van der Waals surface area (Å²) in [5, 5.41) is 6.03. The fraction of sp³-hybridized carbons (Fsp3) is 0.130. The van der Waals surface area contributed by atoms with Crippen LogP contribution in [0.25, 0.3) is 27.7 Å². The van der Waals surface area contributed by atoms with E-state index in [1.54, 1.807) is 16.9 Å². The normalized spacial score (nSPS) is 11.3. The van der Waals surface area contributed by atoms with E-state index in [9.17, 15) is 4.79 Å². The molecule has 0 atom stereocenters. The lowest BCUT2D eigenvalue weighted by Crippen LogP contribution is -1.99. The first-order chi connectivity index (χ1) is 14.5. The molecule has 0 spiro atoms. The Bertz CT molecular complexity index is 1480. The van der Waals surface area contributed by atoms with E-state index >= 15 is 0 Å². The molecule has 5 rings (SSSR count). The fourth-order valence-corrected chi connectivity index (χ4v) is 3.43. The van der Waals surface area contributed by atoms with Gasteiger partial charge in [-0.2, -0.15) is 5.10 Å². The molecule has 3 heterocycles. The lowest BCUT2D eigenvalue weighted by atomic mass is 10.1. The molecule has 0 bridgehead atoms. The second kappa shape index (κ2) is 6.81. The van der Waals surface area contributed by atoms with Crippen molar-refractivity contribution in [1.82, 2.24) is 19.7 Å². The molecule has 7 heteroatoms. The zero-order valence-electron chi connectivity index (χ0n) is 16.7. The van der Waals surface area contributed by atoms with E-state index in [2.05, 4.69) is 41.0 Å². The minimum absolute atomic E-state index is 0.379. The van der Waals surface area contributed by atoms with Crippen LogP contribution in [0.1, 0.15) is 16.7 Å². The van der Waals surface area contributed by atoms with E-state index in [0.29, 0.717) is 28.2 Å². The van der Waals surface area contributed by atoms with E-state index in [1.165, 1.54) is 23.5 Å². The number of rotatable bonds is 3. The molecule has 0 aliphatic heterocycles. The summed E-state index contributed by atoms with van der Waals surface area (Å²) in [6.07, 6.45) is 3.13. The fourth-order valence-electron chi connectivity index (χ4n) is 3.43. The molecule has 0 amide bonds. The molecule has 0 radical (unpaired) electrons. The SMILES string of the molecule is Cc1ccc(-n2ncc3c(Oc4ccc5c(C)cc(=O)oc5c4)ncnc32)cc1C. The Morgan fingerprint density at radius 2 is 1.77 bits per heavy atom. The highest BCUT2D eigenvalue weighted by Gasteiger charge is 2.14. The summed E-state index contributed by atoms with van der Waals surface area (Å²) in [6.45, 7) is 6.00. The topological polar surface area (TPSA) is 83.0 Å². The Morgan fingerprint density at radius 3 is 2.60 bits per heavy atom. The molecule has 3 aromatic heterocycles. The number of benzene rings is 2. The molecule has 5 aromatic rings. The zero-order valence-corrected chi connectivity index (χ0v) is 16.7. The van der Waals surface area contributed by atoms with Crippen LogP contribution in [0.3, 0.4) is 0 Å². The monoisotopic (exact) mass is 398 g/mol. The Kier molecular flexibility index (Phi) is 4.10. The van der Waals surface area contributed by atoms with Gasteiger partial charge in [0.1, 0.15) is 23.0 Å². The third-order valence-electron chi connectivity index (χ3n) is 5.20. The predicted octanol–water partition coefficient (Wildman–Crippen LogP) is 4.64. The first-order valence-corrected chi connectivity index (χ1v) is 9.48. The predicted molar refractivity (Wildman–Crippen MR) is 113 cm³/mol. The van der Waals surface area contributed by atoms with Crippen molar-refractivity contribution in [3.05, 3.63) is 82.1 Å². The van der Waals surface area contributed by atoms with Crippen molar-refractivity contribution in [2.45, 2.75) is 20.8 Å². The summed E-state index contributed by atoms with van der Waals surface area (Å²) in [5.74, 6) is 0.889. The van der Waals surface area contributed by atoms with Gasteiger partial charge in [0, 0.05) is 17.5 Å². The van der Waals surface area contributed by atoms with Crippen LogP contribution in [-0.2, 0) is 0 Å². The van der Waals surface area contributed by atoms with Crippen LogP contribution in [0.5, 0.6) is 11.6 Å². The standard InChI is InChI=1S/C23H18N4O3/c1-13-4-5-16(8-14(13)2)27-22-19(11-26-27)23(25-12-24-22)29-17-6-7-18-15(3)9-21(28)30-20(18)10-17/h4-12H,1-3H3. The maximum atomic E-state index is 11.7. The summed E-state index contributed by atoms with van der Waals surface area (Å²) in [5.41, 5.74) is 4.88. The second-order valence-electron chi connectivity index (χ2n) is 7.25. The van der Waals surface area contributed by atoms with Crippen LogP contribution >= 0.6 is 0 Å². The first kappa shape index (κ1) is 18.1. The number of hydrogen-bond donors (Lipinski definition) is 0. The van der Waals surface area contributed by atoms with Gasteiger partial charge in [-0.25, -0.2) is 19.4 Å². The lowest BCUT2D eigenvalue weighted by molar-refractivity contribution is 0.466. The average Bonchev–Trinajstić information content (AvgIpc) is 3.15. The Labute approximate surface area is 171 Å². The smallest absolute Gasteiger partial charge is 0.336 e. The molecule has 0 saturated heterocycles. The van der Waals surface area contributed by atoms with Crippen molar-refractivity contribution in [3.63, 3.8) is 0 Å². The molecular formula is C23H18N4O3. The van der Waals surface area contributed by atoms with Gasteiger partial charge < -0.3 is 9.15 Å². The first-order valence-electron chi connectivity index (χ1n) is 9.48. The number of ether oxygens (including phenoxy) is 1. The van der Waals surface area contributed by atoms with Gasteiger partial charge >= 0.3 is 5.63 Å². The van der Waals surface area contributed by atoms with Crippen LogP contribution < -0.4 is 10.4 Å². The van der Waals surface area contributed by atoms with Crippen molar-refractivity contribution in [2.75, 3.05) is 0 Å². The van der Waals surface area contributed by atoms with Gasteiger partial charge in [-0.1, -0.05) is 6.07 Å². The van der Waals surface area contributed by atoms with Gasteiger partial charge in [-0.05, 0) is 61.7 Å². The summed E-state index contributed by atoms with van der Waals surface area (Å²) in [7, 11) is 0. The van der Waals surface area contributed by atoms with Crippen LogP contribution in [0.4, 0.5) is 0 Å². The molecule has 0 aliphatic carbocycles. The minimum atomic E-state index is -0.392. The molecule has 148 valence electrons. The van der Waals surface area contributed by atoms with Crippen LogP contribution in [0, 0.1) is 20.8 Å². The molecule has 7 nitrogen and oxygen atoms in total. The minimum Gasteiger partial charge on any atom is -0.438 e. The van der Waals surface area contributed by atoms with Crippen LogP contribution in [0.15, 0.2) is 64.2 Å². The molecule has 0 unspecified atom stereocenters. The largest absolute Gasteiger partial charge is 0.438 e. The number of aromatic nitrogens is 4. The molecule has 0 fully saturated rings.